The van der Waals surface area contributed by atoms with E-state index in [1.54, 1.807) is 12.3 Å². The molecule has 0 bridgehead atoms. The van der Waals surface area contributed by atoms with Crippen LogP contribution in [0.3, 0.4) is 0 Å². The van der Waals surface area contributed by atoms with E-state index in [1.165, 1.54) is 0 Å². The Kier molecular flexibility index (Phi) is 7.26. The number of carbonyl (C=O) groups is 1. The van der Waals surface area contributed by atoms with Gasteiger partial charge in [-0.3, -0.25) is 4.79 Å². The highest BCUT2D eigenvalue weighted by atomic mass is 35.5. The average molecular weight is 176 g/mol. The van der Waals surface area contributed by atoms with Crippen LogP contribution in [0.5, 0.6) is 0 Å². The third-order valence-corrected chi connectivity index (χ3v) is 1.47. The minimum absolute atomic E-state index is 0.0632. The van der Waals surface area contributed by atoms with E-state index in [0.717, 1.165) is 12.8 Å². The summed E-state index contributed by atoms with van der Waals surface area (Å²) >= 11 is 5.44. The molecule has 0 fully saturated rings. The van der Waals surface area contributed by atoms with E-state index >= 15 is 0 Å². The second kappa shape index (κ2) is 7.61. The number of nitrogens with one attached hydrogen (secondary N) is 1. The van der Waals surface area contributed by atoms with Crippen LogP contribution in [-0.2, 0) is 4.79 Å². The van der Waals surface area contributed by atoms with Crippen LogP contribution in [0.2, 0.25) is 0 Å². The average Bonchev–Trinajstić information content (AvgIpc) is 2.01. The van der Waals surface area contributed by atoms with Crippen LogP contribution in [0.4, 0.5) is 0 Å². The van der Waals surface area contributed by atoms with E-state index in [0.29, 0.717) is 12.3 Å². The van der Waals surface area contributed by atoms with Crippen molar-refractivity contribution in [1.82, 2.24) is 5.32 Å². The van der Waals surface area contributed by atoms with E-state index in [2.05, 4.69) is 5.32 Å². The van der Waals surface area contributed by atoms with Gasteiger partial charge in [0.1, 0.15) is 0 Å². The number of hydrogen-bond acceptors (Lipinski definition) is 1. The zero-order valence-corrected chi connectivity index (χ0v) is 7.53. The second-order valence-corrected chi connectivity index (χ2v) is 2.59. The third-order valence-electron chi connectivity index (χ3n) is 1.20. The Morgan fingerprint density at radius 3 is 2.82 bits per heavy atom. The van der Waals surface area contributed by atoms with Gasteiger partial charge < -0.3 is 5.32 Å². The summed E-state index contributed by atoms with van der Waals surface area (Å²) in [5.74, 6) is 0.699. The summed E-state index contributed by atoms with van der Waals surface area (Å²) < 4.78 is 0. The lowest BCUT2D eigenvalue weighted by Gasteiger charge is -1.97. The fraction of sp³-hybridized carbons (Fsp3) is 0.625. The van der Waals surface area contributed by atoms with Gasteiger partial charge in [-0.25, -0.2) is 0 Å². The molecule has 1 N–H and O–H groups in total. The fourth-order valence-electron chi connectivity index (χ4n) is 0.628. The van der Waals surface area contributed by atoms with E-state index in [1.807, 2.05) is 6.92 Å². The highest BCUT2D eigenvalue weighted by Crippen LogP contribution is 1.96. The largest absolute Gasteiger partial charge is 0.333 e. The number of amides is 1. The Labute approximate surface area is 72.6 Å². The molecule has 0 radical (unpaired) electrons. The number of rotatable bonds is 5. The first-order valence-corrected chi connectivity index (χ1v) is 4.31. The monoisotopic (exact) mass is 175 g/mol. The first kappa shape index (κ1) is 10.5. The Bertz CT molecular complexity index is 134. The number of unbranched alkanes of at least 4 members (excludes halogenated alkanes) is 1. The molecule has 2 nitrogen and oxygen atoms in total. The molecule has 11 heavy (non-hydrogen) atoms. The Morgan fingerprint density at radius 2 is 2.27 bits per heavy atom. The van der Waals surface area contributed by atoms with Crippen LogP contribution in [0.25, 0.3) is 0 Å². The molecular formula is C8H14ClNO. The van der Waals surface area contributed by atoms with Crippen LogP contribution in [-0.4, -0.2) is 11.8 Å². The van der Waals surface area contributed by atoms with Gasteiger partial charge in [-0.2, -0.15) is 0 Å². The van der Waals surface area contributed by atoms with Gasteiger partial charge in [0.15, 0.2) is 0 Å². The summed E-state index contributed by atoms with van der Waals surface area (Å²) in [7, 11) is 0. The molecule has 0 heterocycles. The minimum Gasteiger partial charge on any atom is -0.333 e. The Morgan fingerprint density at radius 1 is 1.55 bits per heavy atom. The molecule has 0 aliphatic carbocycles. The Hall–Kier alpha value is -0.500. The third kappa shape index (κ3) is 7.40. The van der Waals surface area contributed by atoms with Crippen molar-refractivity contribution in [3.63, 3.8) is 0 Å². The smallest absolute Gasteiger partial charge is 0.223 e. The number of halogens is 1. The molecule has 0 aliphatic rings. The summed E-state index contributed by atoms with van der Waals surface area (Å²) in [5.41, 5.74) is 0. The van der Waals surface area contributed by atoms with Gasteiger partial charge in [-0.1, -0.05) is 6.08 Å². The predicted octanol–water partition coefficient (Wildman–Crippen LogP) is 2.05. The molecule has 0 unspecified atom stereocenters. The molecule has 0 atom stereocenters. The molecule has 0 saturated carbocycles. The maximum atomic E-state index is 10.9. The SMILES string of the molecule is CC=CNC(=O)CCCCCl. The highest BCUT2D eigenvalue weighted by molar-refractivity contribution is 6.17. The molecule has 0 rings (SSSR count). The normalized spacial score (nSPS) is 10.4. The van der Waals surface area contributed by atoms with Crippen molar-refractivity contribution >= 4 is 17.5 Å². The van der Waals surface area contributed by atoms with Crippen molar-refractivity contribution in [2.75, 3.05) is 5.88 Å². The summed E-state index contributed by atoms with van der Waals surface area (Å²) in [6, 6.07) is 0. The molecule has 0 aromatic rings. The molecule has 0 saturated heterocycles. The van der Waals surface area contributed by atoms with E-state index < -0.39 is 0 Å². The van der Waals surface area contributed by atoms with Gasteiger partial charge in [0.2, 0.25) is 5.91 Å². The maximum absolute atomic E-state index is 10.9. The van der Waals surface area contributed by atoms with Crippen LogP contribution >= 0.6 is 11.6 Å². The first-order chi connectivity index (χ1) is 5.31. The van der Waals surface area contributed by atoms with E-state index in [-0.39, 0.29) is 5.91 Å². The molecule has 64 valence electrons. The molecule has 0 aliphatic heterocycles. The molecule has 3 heteroatoms. The van der Waals surface area contributed by atoms with Crippen molar-refractivity contribution in [1.29, 1.82) is 0 Å². The molecule has 0 aromatic heterocycles. The minimum atomic E-state index is 0.0632. The lowest BCUT2D eigenvalue weighted by molar-refractivity contribution is -0.120. The zero-order chi connectivity index (χ0) is 8.53. The topological polar surface area (TPSA) is 29.1 Å². The number of allylic oxidation sites excluding steroid dienone is 1. The van der Waals surface area contributed by atoms with Gasteiger partial charge in [0.25, 0.3) is 0 Å². The number of carbonyl (C=O) groups excluding carboxylic acids is 1. The van der Waals surface area contributed by atoms with Gasteiger partial charge in [-0.05, 0) is 26.0 Å². The van der Waals surface area contributed by atoms with Crippen molar-refractivity contribution < 1.29 is 4.79 Å². The van der Waals surface area contributed by atoms with E-state index in [9.17, 15) is 4.79 Å². The fourth-order valence-corrected chi connectivity index (χ4v) is 0.817. The van der Waals surface area contributed by atoms with E-state index in [4.69, 9.17) is 11.6 Å². The first-order valence-electron chi connectivity index (χ1n) is 3.77. The van der Waals surface area contributed by atoms with Gasteiger partial charge in [0, 0.05) is 12.3 Å². The van der Waals surface area contributed by atoms with Crippen LogP contribution in [0, 0.1) is 0 Å². The Balaban J connectivity index is 3.23. The van der Waals surface area contributed by atoms with Gasteiger partial charge >= 0.3 is 0 Å². The summed E-state index contributed by atoms with van der Waals surface area (Å²) in [6.07, 6.45) is 5.78. The van der Waals surface area contributed by atoms with Gasteiger partial charge in [-0.15, -0.1) is 11.6 Å². The standard InChI is InChI=1S/C8H14ClNO/c1-2-7-10-8(11)5-3-4-6-9/h2,7H,3-6H2,1H3,(H,10,11). The van der Waals surface area contributed by atoms with Crippen LogP contribution in [0.1, 0.15) is 26.2 Å². The predicted molar refractivity (Wildman–Crippen MR) is 47.5 cm³/mol. The van der Waals surface area contributed by atoms with Crippen LogP contribution in [0.15, 0.2) is 12.3 Å². The summed E-state index contributed by atoms with van der Waals surface area (Å²) in [4.78, 5) is 10.9. The lowest BCUT2D eigenvalue weighted by Crippen LogP contribution is -2.16. The highest BCUT2D eigenvalue weighted by Gasteiger charge is 1.96. The van der Waals surface area contributed by atoms with Crippen molar-refractivity contribution in [2.24, 2.45) is 0 Å². The summed E-state index contributed by atoms with van der Waals surface area (Å²) in [5, 5.41) is 2.63. The molecule has 1 amide bonds. The van der Waals surface area contributed by atoms with Crippen molar-refractivity contribution in [3.05, 3.63) is 12.3 Å². The summed E-state index contributed by atoms with van der Waals surface area (Å²) in [6.45, 7) is 1.86. The molecular weight excluding hydrogens is 162 g/mol. The second-order valence-electron chi connectivity index (χ2n) is 2.21. The number of alkyl halides is 1. The number of hydrogen-bond donors (Lipinski definition) is 1. The van der Waals surface area contributed by atoms with Gasteiger partial charge in [0.05, 0.1) is 0 Å². The molecule has 0 spiro atoms. The molecule has 0 aromatic carbocycles. The van der Waals surface area contributed by atoms with Crippen molar-refractivity contribution in [3.8, 4) is 0 Å². The zero-order valence-electron chi connectivity index (χ0n) is 6.77. The maximum Gasteiger partial charge on any atom is 0.223 e. The van der Waals surface area contributed by atoms with Crippen molar-refractivity contribution in [2.45, 2.75) is 26.2 Å². The van der Waals surface area contributed by atoms with Crippen LogP contribution < -0.4 is 5.32 Å². The lowest BCUT2D eigenvalue weighted by atomic mass is 10.2. The quantitative estimate of drug-likeness (QED) is 0.503.